The summed E-state index contributed by atoms with van der Waals surface area (Å²) in [5.41, 5.74) is -1.42. The van der Waals surface area contributed by atoms with Gasteiger partial charge in [0.25, 0.3) is 0 Å². The molecule has 0 saturated heterocycles. The van der Waals surface area contributed by atoms with Crippen molar-refractivity contribution in [3.05, 3.63) is 47.8 Å². The van der Waals surface area contributed by atoms with Crippen molar-refractivity contribution < 1.29 is 32.6 Å². The molecule has 0 aliphatic heterocycles. The van der Waals surface area contributed by atoms with Crippen molar-refractivity contribution >= 4 is 17.7 Å². The Morgan fingerprint density at radius 3 is 2.50 bits per heavy atom. The van der Waals surface area contributed by atoms with Gasteiger partial charge < -0.3 is 9.84 Å². The van der Waals surface area contributed by atoms with Gasteiger partial charge in [-0.3, -0.25) is 14.8 Å². The van der Waals surface area contributed by atoms with Crippen LogP contribution in [0.2, 0.25) is 0 Å². The van der Waals surface area contributed by atoms with Crippen molar-refractivity contribution in [3.63, 3.8) is 0 Å². The van der Waals surface area contributed by atoms with E-state index in [1.807, 2.05) is 5.32 Å². The fraction of sp³-hybridized carbons (Fsp3) is 0.214. The summed E-state index contributed by atoms with van der Waals surface area (Å²) in [6.45, 7) is -0.902. The minimum atomic E-state index is -4.86. The number of rotatable bonds is 5. The van der Waals surface area contributed by atoms with Crippen molar-refractivity contribution in [2.75, 3.05) is 5.32 Å². The number of aliphatic carboxylic acids is 1. The lowest BCUT2D eigenvalue weighted by Gasteiger charge is -2.08. The largest absolute Gasteiger partial charge is 0.480 e. The Balaban J connectivity index is 2.08. The molecular weight excluding hydrogens is 331 g/mol. The first-order valence-electron chi connectivity index (χ1n) is 6.60. The molecule has 7 nitrogen and oxygen atoms in total. The van der Waals surface area contributed by atoms with Crippen LogP contribution in [-0.4, -0.2) is 26.9 Å². The number of carbonyl (C=O) groups is 2. The number of carbonyl (C=O) groups excluding carboxylic acids is 1. The van der Waals surface area contributed by atoms with Crippen molar-refractivity contribution in [2.45, 2.75) is 19.3 Å². The van der Waals surface area contributed by atoms with Gasteiger partial charge in [-0.2, -0.15) is 18.3 Å². The van der Waals surface area contributed by atoms with E-state index in [-0.39, 0.29) is 6.61 Å². The quantitative estimate of drug-likeness (QED) is 0.871. The average Bonchev–Trinajstić information content (AvgIpc) is 2.88. The Morgan fingerprint density at radius 1 is 1.25 bits per heavy atom. The summed E-state index contributed by atoms with van der Waals surface area (Å²) in [6, 6.07) is 8.55. The number of ether oxygens (including phenoxy) is 1. The van der Waals surface area contributed by atoms with Crippen LogP contribution < -0.4 is 5.32 Å². The van der Waals surface area contributed by atoms with Gasteiger partial charge in [-0.05, 0) is 5.56 Å². The van der Waals surface area contributed by atoms with Gasteiger partial charge in [0, 0.05) is 6.20 Å². The van der Waals surface area contributed by atoms with Crippen LogP contribution in [0.25, 0.3) is 0 Å². The molecule has 0 unspecified atom stereocenters. The molecule has 128 valence electrons. The summed E-state index contributed by atoms with van der Waals surface area (Å²) in [7, 11) is 0. The second-order valence-electron chi connectivity index (χ2n) is 4.67. The van der Waals surface area contributed by atoms with Gasteiger partial charge in [-0.15, -0.1) is 0 Å². The van der Waals surface area contributed by atoms with Crippen LogP contribution in [-0.2, 0) is 28.9 Å². The number of alkyl halides is 3. The predicted molar refractivity (Wildman–Crippen MR) is 75.1 cm³/mol. The van der Waals surface area contributed by atoms with Gasteiger partial charge in [0.2, 0.25) is 0 Å². The number of benzene rings is 1. The molecule has 0 radical (unpaired) electrons. The topological polar surface area (TPSA) is 93.5 Å². The number of carboxylic acids is 1. The molecule has 1 aromatic carbocycles. The zero-order valence-corrected chi connectivity index (χ0v) is 12.1. The fourth-order valence-electron chi connectivity index (χ4n) is 1.81. The van der Waals surface area contributed by atoms with E-state index in [0.717, 1.165) is 6.20 Å². The lowest BCUT2D eigenvalue weighted by molar-refractivity contribution is -0.142. The van der Waals surface area contributed by atoms with E-state index in [9.17, 15) is 22.8 Å². The molecule has 10 heteroatoms. The summed E-state index contributed by atoms with van der Waals surface area (Å²) < 4.78 is 44.0. The monoisotopic (exact) mass is 343 g/mol. The molecule has 0 bridgehead atoms. The van der Waals surface area contributed by atoms with Crippen molar-refractivity contribution in [2.24, 2.45) is 0 Å². The summed E-state index contributed by atoms with van der Waals surface area (Å²) in [5, 5.41) is 13.7. The van der Waals surface area contributed by atoms with E-state index in [4.69, 9.17) is 9.84 Å². The lowest BCUT2D eigenvalue weighted by atomic mass is 10.2. The first kappa shape index (κ1) is 17.3. The van der Waals surface area contributed by atoms with E-state index >= 15 is 0 Å². The highest BCUT2D eigenvalue weighted by atomic mass is 19.4. The highest BCUT2D eigenvalue weighted by Crippen LogP contribution is 2.33. The Kier molecular flexibility index (Phi) is 5.07. The second kappa shape index (κ2) is 7.02. The maximum atomic E-state index is 12.9. The number of nitrogens with one attached hydrogen (secondary N) is 1. The third-order valence-corrected chi connectivity index (χ3v) is 2.78. The maximum absolute atomic E-state index is 12.9. The van der Waals surface area contributed by atoms with E-state index in [0.29, 0.717) is 10.2 Å². The summed E-state index contributed by atoms with van der Waals surface area (Å²) >= 11 is 0. The number of hydrogen-bond acceptors (Lipinski definition) is 4. The standard InChI is InChI=1S/C14H12F3N3O4/c15-14(16,17)12-10(6-20(19-12)7-11(21)22)18-13(23)24-8-9-4-2-1-3-5-9/h1-6H,7-8H2,(H,18,23)(H,21,22). The molecule has 0 spiro atoms. The minimum Gasteiger partial charge on any atom is -0.480 e. The molecule has 24 heavy (non-hydrogen) atoms. The molecule has 2 aromatic rings. The minimum absolute atomic E-state index is 0.128. The SMILES string of the molecule is O=C(O)Cn1cc(NC(=O)OCc2ccccc2)c(C(F)(F)F)n1. The van der Waals surface area contributed by atoms with E-state index in [1.165, 1.54) is 0 Å². The maximum Gasteiger partial charge on any atom is 0.437 e. The average molecular weight is 343 g/mol. The van der Waals surface area contributed by atoms with E-state index < -0.39 is 36.2 Å². The molecule has 1 amide bonds. The van der Waals surface area contributed by atoms with Crippen LogP contribution >= 0.6 is 0 Å². The number of hydrogen-bond donors (Lipinski definition) is 2. The summed E-state index contributed by atoms with van der Waals surface area (Å²) in [5.74, 6) is -1.37. The van der Waals surface area contributed by atoms with Gasteiger partial charge in [-0.1, -0.05) is 30.3 Å². The third kappa shape index (κ3) is 4.73. The fourth-order valence-corrected chi connectivity index (χ4v) is 1.81. The van der Waals surface area contributed by atoms with Gasteiger partial charge in [0.1, 0.15) is 13.2 Å². The van der Waals surface area contributed by atoms with Crippen molar-refractivity contribution in [3.8, 4) is 0 Å². The highest BCUT2D eigenvalue weighted by molar-refractivity contribution is 5.85. The zero-order chi connectivity index (χ0) is 17.7. The number of nitrogens with zero attached hydrogens (tertiary/aromatic N) is 2. The molecule has 1 heterocycles. The van der Waals surface area contributed by atoms with Crippen LogP contribution in [0.4, 0.5) is 23.7 Å². The van der Waals surface area contributed by atoms with Gasteiger partial charge in [-0.25, -0.2) is 4.79 Å². The summed E-state index contributed by atoms with van der Waals surface area (Å²) in [4.78, 5) is 22.2. The summed E-state index contributed by atoms with van der Waals surface area (Å²) in [6.07, 6.45) is -5.19. The molecule has 2 N–H and O–H groups in total. The molecule has 1 aromatic heterocycles. The zero-order valence-electron chi connectivity index (χ0n) is 12.1. The highest BCUT2D eigenvalue weighted by Gasteiger charge is 2.38. The Morgan fingerprint density at radius 2 is 1.92 bits per heavy atom. The first-order valence-corrected chi connectivity index (χ1v) is 6.60. The number of amides is 1. The number of aromatic nitrogens is 2. The number of carboxylic acid groups (broad SMARTS) is 1. The molecule has 0 saturated carbocycles. The Labute approximate surface area is 133 Å². The third-order valence-electron chi connectivity index (χ3n) is 2.78. The molecule has 0 atom stereocenters. The van der Waals surface area contributed by atoms with Crippen LogP contribution in [0.1, 0.15) is 11.3 Å². The smallest absolute Gasteiger partial charge is 0.437 e. The molecule has 0 aliphatic carbocycles. The molecular formula is C14H12F3N3O4. The van der Waals surface area contributed by atoms with Gasteiger partial charge in [0.05, 0.1) is 5.69 Å². The predicted octanol–water partition coefficient (Wildman–Crippen LogP) is 2.74. The van der Waals surface area contributed by atoms with Crippen LogP contribution in [0.5, 0.6) is 0 Å². The first-order chi connectivity index (χ1) is 11.3. The van der Waals surface area contributed by atoms with Crippen molar-refractivity contribution in [1.82, 2.24) is 9.78 Å². The molecule has 2 rings (SSSR count). The lowest BCUT2D eigenvalue weighted by Crippen LogP contribution is -2.17. The van der Waals surface area contributed by atoms with E-state index in [2.05, 4.69) is 5.10 Å². The van der Waals surface area contributed by atoms with E-state index in [1.54, 1.807) is 30.3 Å². The van der Waals surface area contributed by atoms with Crippen LogP contribution in [0.3, 0.4) is 0 Å². The number of anilines is 1. The second-order valence-corrected chi connectivity index (χ2v) is 4.67. The Bertz CT molecular complexity index is 729. The Hall–Kier alpha value is -3.04. The van der Waals surface area contributed by atoms with Gasteiger partial charge in [0.15, 0.2) is 5.69 Å². The molecule has 0 fully saturated rings. The van der Waals surface area contributed by atoms with Crippen molar-refractivity contribution in [1.29, 1.82) is 0 Å². The number of halogens is 3. The van der Waals surface area contributed by atoms with Crippen LogP contribution in [0, 0.1) is 0 Å². The van der Waals surface area contributed by atoms with Gasteiger partial charge >= 0.3 is 18.2 Å². The molecule has 0 aliphatic rings. The normalized spacial score (nSPS) is 11.1. The van der Waals surface area contributed by atoms with Crippen LogP contribution in [0.15, 0.2) is 36.5 Å².